The molecule has 0 amide bonds. The fraction of sp³-hybridized carbons (Fsp3) is 0.333. The summed E-state index contributed by atoms with van der Waals surface area (Å²) in [5.74, 6) is 0.606. The van der Waals surface area contributed by atoms with Gasteiger partial charge in [0, 0.05) is 48.4 Å². The monoisotopic (exact) mass is 414 g/mol. The molecule has 0 bridgehead atoms. The van der Waals surface area contributed by atoms with Crippen molar-refractivity contribution in [2.45, 2.75) is 41.5 Å². The van der Waals surface area contributed by atoms with Crippen LogP contribution in [0.25, 0.3) is 0 Å². The first-order valence-electron chi connectivity index (χ1n) is 11.0. The van der Waals surface area contributed by atoms with E-state index >= 15 is 0 Å². The van der Waals surface area contributed by atoms with Gasteiger partial charge in [0.2, 0.25) is 0 Å². The van der Waals surface area contributed by atoms with Gasteiger partial charge in [0.15, 0.2) is 0 Å². The van der Waals surface area contributed by atoms with Gasteiger partial charge >= 0.3 is 0 Å². The summed E-state index contributed by atoms with van der Waals surface area (Å²) < 4.78 is 0. The van der Waals surface area contributed by atoms with Crippen LogP contribution in [0.3, 0.4) is 0 Å². The molecule has 2 aromatic rings. The van der Waals surface area contributed by atoms with E-state index in [1.54, 1.807) is 5.56 Å². The summed E-state index contributed by atoms with van der Waals surface area (Å²) in [6.07, 6.45) is 13.4. The topological polar surface area (TPSA) is 6.48 Å². The van der Waals surface area contributed by atoms with Gasteiger partial charge in [-0.05, 0) is 43.5 Å². The molecule has 2 aliphatic heterocycles. The van der Waals surface area contributed by atoms with Gasteiger partial charge < -0.3 is 4.90 Å². The van der Waals surface area contributed by atoms with Crippen molar-refractivity contribution >= 4 is 17.4 Å². The van der Waals surface area contributed by atoms with Crippen LogP contribution in [0.2, 0.25) is 0 Å². The van der Waals surface area contributed by atoms with Crippen molar-refractivity contribution in [3.8, 4) is 0 Å². The van der Waals surface area contributed by atoms with Crippen molar-refractivity contribution in [2.75, 3.05) is 31.6 Å². The van der Waals surface area contributed by atoms with E-state index in [-0.39, 0.29) is 0 Å². The van der Waals surface area contributed by atoms with Crippen LogP contribution in [0.5, 0.6) is 0 Å². The quantitative estimate of drug-likeness (QED) is 0.588. The summed E-state index contributed by atoms with van der Waals surface area (Å²) >= 11 is 1.90. The van der Waals surface area contributed by atoms with Crippen molar-refractivity contribution in [1.29, 1.82) is 0 Å². The molecule has 5 rings (SSSR count). The van der Waals surface area contributed by atoms with Crippen LogP contribution in [0, 0.1) is 6.92 Å². The van der Waals surface area contributed by atoms with E-state index in [0.29, 0.717) is 12.0 Å². The summed E-state index contributed by atoms with van der Waals surface area (Å²) in [5.41, 5.74) is 5.84. The molecule has 2 atom stereocenters. The second kappa shape index (κ2) is 8.49. The summed E-state index contributed by atoms with van der Waals surface area (Å²) in [6, 6.07) is 16.4. The highest BCUT2D eigenvalue weighted by Gasteiger charge is 2.41. The number of piperidine rings is 1. The Morgan fingerprint density at radius 3 is 2.77 bits per heavy atom. The highest BCUT2D eigenvalue weighted by Crippen LogP contribution is 2.49. The standard InChI is InChI=1S/C27H30N2S/c1-20-12-14-22(15-13-20)30-26-11-7-10-23-24-19-29(17-16-25(24)28(2)27(23)26)18-21-8-5-3-4-6-9-21/h3-8,10-15,24-25H,9,16-19H2,1-2H3. The maximum Gasteiger partial charge on any atom is 0.0544 e. The number of anilines is 1. The molecule has 0 N–H and O–H groups in total. The third-order valence-electron chi connectivity index (χ3n) is 6.69. The SMILES string of the molecule is Cc1ccc(Sc2cccc3c2N(C)C2CCN(CC4=CC=CC=CC4)CC32)cc1. The van der Waals surface area contributed by atoms with E-state index in [9.17, 15) is 0 Å². The number of nitrogens with zero attached hydrogens (tertiary/aromatic N) is 2. The minimum absolute atomic E-state index is 0.606. The van der Waals surface area contributed by atoms with E-state index in [1.165, 1.54) is 39.6 Å². The summed E-state index contributed by atoms with van der Waals surface area (Å²) in [6.45, 7) is 5.58. The van der Waals surface area contributed by atoms with Gasteiger partial charge in [0.05, 0.1) is 5.69 Å². The molecule has 0 spiro atoms. The lowest BCUT2D eigenvalue weighted by Gasteiger charge is -2.38. The number of likely N-dealkylation sites (tertiary alicyclic amines) is 1. The maximum absolute atomic E-state index is 2.67. The Hall–Kier alpha value is -2.23. The zero-order valence-corrected chi connectivity index (χ0v) is 18.7. The van der Waals surface area contributed by atoms with Crippen molar-refractivity contribution < 1.29 is 0 Å². The van der Waals surface area contributed by atoms with Crippen molar-refractivity contribution in [1.82, 2.24) is 4.90 Å². The van der Waals surface area contributed by atoms with Gasteiger partial charge in [0.1, 0.15) is 0 Å². The first kappa shape index (κ1) is 19.7. The Labute approximate surface area is 185 Å². The van der Waals surface area contributed by atoms with Crippen LogP contribution in [0.4, 0.5) is 5.69 Å². The van der Waals surface area contributed by atoms with Crippen LogP contribution in [-0.2, 0) is 0 Å². The molecule has 2 aromatic carbocycles. The second-order valence-corrected chi connectivity index (χ2v) is 9.88. The molecule has 2 heterocycles. The minimum Gasteiger partial charge on any atom is -0.370 e. The van der Waals surface area contributed by atoms with E-state index < -0.39 is 0 Å². The Morgan fingerprint density at radius 1 is 1.03 bits per heavy atom. The summed E-state index contributed by atoms with van der Waals surface area (Å²) in [5, 5.41) is 0. The number of para-hydroxylation sites is 1. The average Bonchev–Trinajstić information content (AvgIpc) is 2.90. The van der Waals surface area contributed by atoms with Gasteiger partial charge in [-0.25, -0.2) is 0 Å². The molecule has 1 aliphatic carbocycles. The molecular formula is C27H30N2S. The molecule has 1 fully saturated rings. The van der Waals surface area contributed by atoms with Crippen LogP contribution in [0.15, 0.2) is 88.2 Å². The number of allylic oxidation sites excluding steroid dienone is 5. The van der Waals surface area contributed by atoms with Crippen molar-refractivity contribution in [3.05, 3.63) is 89.5 Å². The number of aryl methyl sites for hydroxylation is 1. The normalized spacial score (nSPS) is 23.1. The maximum atomic E-state index is 2.67. The van der Waals surface area contributed by atoms with Gasteiger partial charge in [0.25, 0.3) is 0 Å². The number of fused-ring (bicyclic) bond motifs is 3. The molecule has 30 heavy (non-hydrogen) atoms. The van der Waals surface area contributed by atoms with Crippen molar-refractivity contribution in [3.63, 3.8) is 0 Å². The predicted molar refractivity (Wildman–Crippen MR) is 129 cm³/mol. The summed E-state index contributed by atoms with van der Waals surface area (Å²) in [7, 11) is 2.31. The molecule has 2 unspecified atom stereocenters. The van der Waals surface area contributed by atoms with E-state index in [2.05, 4.69) is 96.6 Å². The Balaban J connectivity index is 1.37. The highest BCUT2D eigenvalue weighted by molar-refractivity contribution is 7.99. The zero-order valence-electron chi connectivity index (χ0n) is 17.9. The fourth-order valence-electron chi connectivity index (χ4n) is 5.14. The number of hydrogen-bond donors (Lipinski definition) is 0. The Kier molecular flexibility index (Phi) is 5.58. The van der Waals surface area contributed by atoms with Gasteiger partial charge in [-0.15, -0.1) is 0 Å². The Bertz CT molecular complexity index is 1000. The number of benzene rings is 2. The zero-order chi connectivity index (χ0) is 20.5. The molecule has 3 heteroatoms. The predicted octanol–water partition coefficient (Wildman–Crippen LogP) is 6.20. The van der Waals surface area contributed by atoms with Crippen LogP contribution in [-0.4, -0.2) is 37.6 Å². The lowest BCUT2D eigenvalue weighted by molar-refractivity contribution is 0.208. The third kappa shape index (κ3) is 3.89. The smallest absolute Gasteiger partial charge is 0.0544 e. The Morgan fingerprint density at radius 2 is 1.90 bits per heavy atom. The van der Waals surface area contributed by atoms with E-state index in [1.807, 2.05) is 11.8 Å². The number of hydrogen-bond acceptors (Lipinski definition) is 3. The number of rotatable bonds is 4. The first-order valence-corrected chi connectivity index (χ1v) is 11.8. The molecular weight excluding hydrogens is 384 g/mol. The molecule has 0 radical (unpaired) electrons. The lowest BCUT2D eigenvalue weighted by Crippen LogP contribution is -2.45. The second-order valence-electron chi connectivity index (χ2n) is 8.76. The lowest BCUT2D eigenvalue weighted by atomic mass is 9.89. The third-order valence-corrected chi connectivity index (χ3v) is 7.74. The number of likely N-dealkylation sites (N-methyl/N-ethyl adjacent to an activating group) is 1. The first-order chi connectivity index (χ1) is 14.7. The van der Waals surface area contributed by atoms with Gasteiger partial charge in [-0.1, -0.05) is 77.5 Å². The molecule has 0 saturated carbocycles. The van der Waals surface area contributed by atoms with E-state index in [4.69, 9.17) is 0 Å². The van der Waals surface area contributed by atoms with Crippen LogP contribution >= 0.6 is 11.8 Å². The molecule has 154 valence electrons. The summed E-state index contributed by atoms with van der Waals surface area (Å²) in [4.78, 5) is 7.95. The highest BCUT2D eigenvalue weighted by atomic mass is 32.2. The largest absolute Gasteiger partial charge is 0.370 e. The molecule has 3 aliphatic rings. The molecule has 0 aromatic heterocycles. The van der Waals surface area contributed by atoms with Crippen LogP contribution in [0.1, 0.15) is 29.9 Å². The average molecular weight is 415 g/mol. The van der Waals surface area contributed by atoms with Crippen molar-refractivity contribution in [2.24, 2.45) is 0 Å². The molecule has 2 nitrogen and oxygen atoms in total. The van der Waals surface area contributed by atoms with Gasteiger partial charge in [-0.3, -0.25) is 4.90 Å². The van der Waals surface area contributed by atoms with Crippen LogP contribution < -0.4 is 4.90 Å². The van der Waals surface area contributed by atoms with Gasteiger partial charge in [-0.2, -0.15) is 0 Å². The minimum atomic E-state index is 0.606. The fourth-order valence-corrected chi connectivity index (χ4v) is 6.17. The van der Waals surface area contributed by atoms with E-state index in [0.717, 1.165) is 19.5 Å². The molecule has 1 saturated heterocycles.